The van der Waals surface area contributed by atoms with Crippen LogP contribution in [0.4, 0.5) is 0 Å². The molecule has 0 fully saturated rings. The molecule has 0 saturated heterocycles. The van der Waals surface area contributed by atoms with Gasteiger partial charge in [-0.2, -0.15) is 0 Å². The van der Waals surface area contributed by atoms with Gasteiger partial charge >= 0.3 is 0 Å². The fourth-order valence-electron chi connectivity index (χ4n) is 2.01. The van der Waals surface area contributed by atoms with E-state index < -0.39 is 6.17 Å². The molecule has 19 heavy (non-hydrogen) atoms. The highest BCUT2D eigenvalue weighted by atomic mass is 16.6. The van der Waals surface area contributed by atoms with Gasteiger partial charge in [0.15, 0.2) is 0 Å². The van der Waals surface area contributed by atoms with Gasteiger partial charge in [0.1, 0.15) is 6.17 Å². The molecule has 0 radical (unpaired) electrons. The number of hydrogen-bond acceptors (Lipinski definition) is 5. The summed E-state index contributed by atoms with van der Waals surface area (Å²) in [5.41, 5.74) is 13.6. The molecule has 1 atom stereocenters. The van der Waals surface area contributed by atoms with Crippen molar-refractivity contribution in [2.45, 2.75) is 32.6 Å². The summed E-state index contributed by atoms with van der Waals surface area (Å²) in [6, 6.07) is 7.91. The Labute approximate surface area is 113 Å². The fourth-order valence-corrected chi connectivity index (χ4v) is 2.01. The van der Waals surface area contributed by atoms with Crippen LogP contribution in [0.2, 0.25) is 0 Å². The third-order valence-electron chi connectivity index (χ3n) is 2.93. The summed E-state index contributed by atoms with van der Waals surface area (Å²) < 4.78 is 0. The van der Waals surface area contributed by atoms with E-state index in [1.54, 1.807) is 0 Å². The second kappa shape index (κ2) is 7.83. The average Bonchev–Trinajstić information content (AvgIpc) is 2.37. The minimum absolute atomic E-state index is 0.240. The molecule has 4 N–H and O–H groups in total. The number of nitro groups is 1. The highest BCUT2D eigenvalue weighted by molar-refractivity contribution is 5.23. The zero-order chi connectivity index (χ0) is 14.3. The lowest BCUT2D eigenvalue weighted by Gasteiger charge is -2.26. The summed E-state index contributed by atoms with van der Waals surface area (Å²) in [6.45, 7) is 3.62. The van der Waals surface area contributed by atoms with Gasteiger partial charge in [0.2, 0.25) is 6.54 Å². The van der Waals surface area contributed by atoms with Crippen LogP contribution in [0.1, 0.15) is 24.5 Å². The Morgan fingerprint density at radius 2 is 2.11 bits per heavy atom. The summed E-state index contributed by atoms with van der Waals surface area (Å²) in [4.78, 5) is 12.1. The van der Waals surface area contributed by atoms with Gasteiger partial charge in [-0.15, -0.1) is 0 Å². The number of nitrogens with zero attached hydrogens (tertiary/aromatic N) is 2. The van der Waals surface area contributed by atoms with Gasteiger partial charge in [0.05, 0.1) is 0 Å². The predicted octanol–water partition coefficient (Wildman–Crippen LogP) is 0.919. The molecule has 1 unspecified atom stereocenters. The van der Waals surface area contributed by atoms with Gasteiger partial charge in [-0.3, -0.25) is 15.0 Å². The van der Waals surface area contributed by atoms with Crippen LogP contribution in [0, 0.1) is 10.1 Å². The van der Waals surface area contributed by atoms with E-state index in [9.17, 15) is 10.1 Å². The molecule has 0 aliphatic heterocycles. The predicted molar refractivity (Wildman–Crippen MR) is 74.9 cm³/mol. The average molecular weight is 266 g/mol. The van der Waals surface area contributed by atoms with Crippen molar-refractivity contribution in [3.63, 3.8) is 0 Å². The summed E-state index contributed by atoms with van der Waals surface area (Å²) >= 11 is 0. The second-order valence-electron chi connectivity index (χ2n) is 4.58. The first-order valence-electron chi connectivity index (χ1n) is 6.46. The van der Waals surface area contributed by atoms with E-state index in [1.165, 1.54) is 0 Å². The second-order valence-corrected chi connectivity index (χ2v) is 4.58. The molecule has 0 saturated carbocycles. The Morgan fingerprint density at radius 3 is 2.68 bits per heavy atom. The van der Waals surface area contributed by atoms with Gasteiger partial charge in [0.25, 0.3) is 0 Å². The minimum atomic E-state index is -0.559. The van der Waals surface area contributed by atoms with Crippen molar-refractivity contribution in [3.8, 4) is 0 Å². The maximum atomic E-state index is 10.6. The first kappa shape index (κ1) is 15.6. The van der Waals surface area contributed by atoms with Crippen molar-refractivity contribution < 1.29 is 4.92 Å². The maximum absolute atomic E-state index is 10.6. The van der Waals surface area contributed by atoms with Crippen molar-refractivity contribution in [1.29, 1.82) is 0 Å². The quantitative estimate of drug-likeness (QED) is 0.414. The molecular weight excluding hydrogens is 244 g/mol. The molecule has 0 heterocycles. The van der Waals surface area contributed by atoms with Crippen molar-refractivity contribution in [1.82, 2.24) is 4.90 Å². The van der Waals surface area contributed by atoms with E-state index in [0.717, 1.165) is 24.1 Å². The van der Waals surface area contributed by atoms with E-state index >= 15 is 0 Å². The molecule has 1 aromatic carbocycles. The SMILES string of the molecule is CCCN(Cc1cccc(CN)c1)C(N)C[N+](=O)[O-]. The molecule has 6 nitrogen and oxygen atoms in total. The zero-order valence-corrected chi connectivity index (χ0v) is 11.3. The summed E-state index contributed by atoms with van der Waals surface area (Å²) in [5, 5.41) is 10.6. The maximum Gasteiger partial charge on any atom is 0.232 e. The van der Waals surface area contributed by atoms with E-state index in [0.29, 0.717) is 13.1 Å². The number of rotatable bonds is 8. The molecule has 0 bridgehead atoms. The molecule has 0 aliphatic carbocycles. The van der Waals surface area contributed by atoms with Crippen molar-refractivity contribution in [3.05, 3.63) is 45.5 Å². The highest BCUT2D eigenvalue weighted by Gasteiger charge is 2.18. The minimum Gasteiger partial charge on any atom is -0.326 e. The number of nitrogens with two attached hydrogens (primary N) is 2. The molecule has 106 valence electrons. The van der Waals surface area contributed by atoms with Gasteiger partial charge in [-0.1, -0.05) is 31.2 Å². The fraction of sp³-hybridized carbons (Fsp3) is 0.538. The first-order valence-corrected chi connectivity index (χ1v) is 6.46. The van der Waals surface area contributed by atoms with E-state index in [1.807, 2.05) is 36.1 Å². The molecule has 0 amide bonds. The van der Waals surface area contributed by atoms with Crippen molar-refractivity contribution >= 4 is 0 Å². The normalized spacial score (nSPS) is 12.6. The first-order chi connectivity index (χ1) is 9.06. The van der Waals surface area contributed by atoms with Crippen LogP contribution in [-0.2, 0) is 13.1 Å². The van der Waals surface area contributed by atoms with Crippen LogP contribution in [0.3, 0.4) is 0 Å². The molecule has 0 aliphatic rings. The van der Waals surface area contributed by atoms with Gasteiger partial charge in [0, 0.05) is 18.0 Å². The van der Waals surface area contributed by atoms with E-state index in [2.05, 4.69) is 0 Å². The topological polar surface area (TPSA) is 98.4 Å². The van der Waals surface area contributed by atoms with Crippen LogP contribution in [-0.4, -0.2) is 29.1 Å². The van der Waals surface area contributed by atoms with Crippen LogP contribution >= 0.6 is 0 Å². The van der Waals surface area contributed by atoms with Crippen molar-refractivity contribution in [2.75, 3.05) is 13.1 Å². The molecule has 1 aromatic rings. The van der Waals surface area contributed by atoms with Gasteiger partial charge in [-0.25, -0.2) is 0 Å². The largest absolute Gasteiger partial charge is 0.326 e. The number of hydrogen-bond donors (Lipinski definition) is 2. The number of benzene rings is 1. The summed E-state index contributed by atoms with van der Waals surface area (Å²) in [6.07, 6.45) is 0.346. The standard InChI is InChI=1S/C13H22N4O2/c1-2-6-16(13(15)10-17(18)19)9-12-5-3-4-11(7-12)8-14/h3-5,7,13H,2,6,8-10,14-15H2,1H3. The zero-order valence-electron chi connectivity index (χ0n) is 11.3. The Balaban J connectivity index is 2.73. The van der Waals surface area contributed by atoms with Gasteiger partial charge < -0.3 is 11.5 Å². The van der Waals surface area contributed by atoms with Gasteiger partial charge in [-0.05, 0) is 24.1 Å². The molecular formula is C13H22N4O2. The van der Waals surface area contributed by atoms with E-state index in [4.69, 9.17) is 11.5 Å². The summed E-state index contributed by atoms with van der Waals surface area (Å²) in [5.74, 6) is 0. The lowest BCUT2D eigenvalue weighted by Crippen LogP contribution is -2.46. The highest BCUT2D eigenvalue weighted by Crippen LogP contribution is 2.10. The Bertz CT molecular complexity index is 411. The third-order valence-corrected chi connectivity index (χ3v) is 2.93. The Kier molecular flexibility index (Phi) is 6.41. The summed E-state index contributed by atoms with van der Waals surface area (Å²) in [7, 11) is 0. The lowest BCUT2D eigenvalue weighted by molar-refractivity contribution is -0.487. The Morgan fingerprint density at radius 1 is 1.42 bits per heavy atom. The third kappa shape index (κ3) is 5.34. The van der Waals surface area contributed by atoms with Crippen LogP contribution in [0.5, 0.6) is 0 Å². The van der Waals surface area contributed by atoms with Crippen LogP contribution in [0.25, 0.3) is 0 Å². The monoisotopic (exact) mass is 266 g/mol. The van der Waals surface area contributed by atoms with Crippen molar-refractivity contribution in [2.24, 2.45) is 11.5 Å². The molecule has 0 spiro atoms. The van der Waals surface area contributed by atoms with E-state index in [-0.39, 0.29) is 11.5 Å². The van der Waals surface area contributed by atoms with Crippen LogP contribution in [0.15, 0.2) is 24.3 Å². The molecule has 6 heteroatoms. The lowest BCUT2D eigenvalue weighted by atomic mass is 10.1. The van der Waals surface area contributed by atoms with Crippen LogP contribution < -0.4 is 11.5 Å². The molecule has 0 aromatic heterocycles. The Hall–Kier alpha value is -1.50. The smallest absolute Gasteiger partial charge is 0.232 e. The molecule has 1 rings (SSSR count).